The molecular weight excluding hydrogens is 184 g/mol. The molecule has 4 nitrogen and oxygen atoms in total. The van der Waals surface area contributed by atoms with E-state index in [2.05, 4.69) is 0 Å². The minimum absolute atomic E-state index is 0.0972. The molecule has 0 saturated heterocycles. The molecule has 0 aliphatic carbocycles. The Hall–Kier alpha value is -0.160. The summed E-state index contributed by atoms with van der Waals surface area (Å²) in [6.07, 6.45) is 1.71. The van der Waals surface area contributed by atoms with Crippen LogP contribution in [0.3, 0.4) is 0 Å². The van der Waals surface area contributed by atoms with Gasteiger partial charge in [0, 0.05) is 38.3 Å². The standard InChI is InChI=1S/2C5H12O2/c2*1-2-5(3-6)4-7/h2*5-7H,2-4H2,1H3. The van der Waals surface area contributed by atoms with Crippen molar-refractivity contribution in [3.05, 3.63) is 0 Å². The van der Waals surface area contributed by atoms with Crippen LogP contribution in [0, 0.1) is 11.8 Å². The van der Waals surface area contributed by atoms with Crippen molar-refractivity contribution in [2.45, 2.75) is 26.7 Å². The van der Waals surface area contributed by atoms with E-state index in [1.165, 1.54) is 0 Å². The molecule has 0 aromatic carbocycles. The molecule has 0 rings (SSSR count). The maximum absolute atomic E-state index is 8.37. The van der Waals surface area contributed by atoms with Crippen molar-refractivity contribution in [1.29, 1.82) is 0 Å². The quantitative estimate of drug-likeness (QED) is 0.495. The zero-order valence-electron chi connectivity index (χ0n) is 9.19. The van der Waals surface area contributed by atoms with Crippen molar-refractivity contribution >= 4 is 0 Å². The zero-order chi connectivity index (χ0) is 11.4. The minimum atomic E-state index is 0.0972. The summed E-state index contributed by atoms with van der Waals surface area (Å²) in [5, 5.41) is 33.5. The third kappa shape index (κ3) is 9.92. The Balaban J connectivity index is 0. The van der Waals surface area contributed by atoms with Crippen LogP contribution in [0.1, 0.15) is 26.7 Å². The number of aliphatic hydroxyl groups is 4. The molecule has 14 heavy (non-hydrogen) atoms. The highest BCUT2D eigenvalue weighted by atomic mass is 16.3. The molecule has 0 aliphatic heterocycles. The Morgan fingerprint density at radius 2 is 0.857 bits per heavy atom. The lowest BCUT2D eigenvalue weighted by molar-refractivity contribution is 0.147. The monoisotopic (exact) mass is 208 g/mol. The van der Waals surface area contributed by atoms with E-state index in [1.54, 1.807) is 0 Å². The maximum Gasteiger partial charge on any atom is 0.0481 e. The van der Waals surface area contributed by atoms with Crippen molar-refractivity contribution in [3.8, 4) is 0 Å². The fourth-order valence-electron chi connectivity index (χ4n) is 0.632. The summed E-state index contributed by atoms with van der Waals surface area (Å²) in [4.78, 5) is 0. The van der Waals surface area contributed by atoms with Gasteiger partial charge in [-0.25, -0.2) is 0 Å². The fraction of sp³-hybridized carbons (Fsp3) is 1.00. The molecule has 0 spiro atoms. The third-order valence-corrected chi connectivity index (χ3v) is 2.19. The second-order valence-corrected chi connectivity index (χ2v) is 3.28. The lowest BCUT2D eigenvalue weighted by Crippen LogP contribution is -2.08. The second kappa shape index (κ2) is 12.8. The van der Waals surface area contributed by atoms with Crippen molar-refractivity contribution in [2.75, 3.05) is 26.4 Å². The molecule has 0 heterocycles. The Labute approximate surface area is 86.2 Å². The van der Waals surface area contributed by atoms with Crippen molar-refractivity contribution < 1.29 is 20.4 Å². The highest BCUT2D eigenvalue weighted by molar-refractivity contribution is 4.49. The van der Waals surface area contributed by atoms with Gasteiger partial charge in [0.05, 0.1) is 0 Å². The number of hydrogen-bond acceptors (Lipinski definition) is 4. The summed E-state index contributed by atoms with van der Waals surface area (Å²) < 4.78 is 0. The van der Waals surface area contributed by atoms with Gasteiger partial charge in [0.15, 0.2) is 0 Å². The average Bonchev–Trinajstić information content (AvgIpc) is 2.24. The van der Waals surface area contributed by atoms with Gasteiger partial charge in [0.25, 0.3) is 0 Å². The highest BCUT2D eigenvalue weighted by Crippen LogP contribution is 1.97. The predicted molar refractivity (Wildman–Crippen MR) is 55.9 cm³/mol. The van der Waals surface area contributed by atoms with Crippen LogP contribution >= 0.6 is 0 Å². The molecule has 0 bridgehead atoms. The van der Waals surface area contributed by atoms with E-state index in [0.29, 0.717) is 0 Å². The Bertz CT molecular complexity index is 67.1. The second-order valence-electron chi connectivity index (χ2n) is 3.28. The van der Waals surface area contributed by atoms with Gasteiger partial charge in [-0.1, -0.05) is 13.8 Å². The summed E-state index contributed by atoms with van der Waals surface area (Å²) in [6.45, 7) is 4.30. The lowest BCUT2D eigenvalue weighted by atomic mass is 10.1. The summed E-state index contributed by atoms with van der Waals surface area (Å²) >= 11 is 0. The van der Waals surface area contributed by atoms with Gasteiger partial charge in [0.1, 0.15) is 0 Å². The van der Waals surface area contributed by atoms with E-state index in [0.717, 1.165) is 12.8 Å². The first kappa shape index (κ1) is 16.3. The predicted octanol–water partition coefficient (Wildman–Crippen LogP) is -0.00560. The van der Waals surface area contributed by atoms with Crippen LogP contribution in [-0.4, -0.2) is 46.9 Å². The molecule has 4 N–H and O–H groups in total. The third-order valence-electron chi connectivity index (χ3n) is 2.19. The Morgan fingerprint density at radius 1 is 0.643 bits per heavy atom. The number of rotatable bonds is 6. The SMILES string of the molecule is CCC(CO)CO.CCC(CO)CO. The zero-order valence-corrected chi connectivity index (χ0v) is 9.19. The van der Waals surface area contributed by atoms with E-state index >= 15 is 0 Å². The van der Waals surface area contributed by atoms with E-state index in [4.69, 9.17) is 20.4 Å². The van der Waals surface area contributed by atoms with Gasteiger partial charge in [-0.3, -0.25) is 0 Å². The topological polar surface area (TPSA) is 80.9 Å². The molecule has 0 radical (unpaired) electrons. The van der Waals surface area contributed by atoms with E-state index < -0.39 is 0 Å². The summed E-state index contributed by atoms with van der Waals surface area (Å²) in [7, 11) is 0. The molecule has 0 aliphatic rings. The van der Waals surface area contributed by atoms with Crippen LogP contribution in [0.2, 0.25) is 0 Å². The van der Waals surface area contributed by atoms with Gasteiger partial charge in [-0.15, -0.1) is 0 Å². The fourth-order valence-corrected chi connectivity index (χ4v) is 0.632. The number of hydrogen-bond donors (Lipinski definition) is 4. The van der Waals surface area contributed by atoms with E-state index in [-0.39, 0.29) is 38.3 Å². The maximum atomic E-state index is 8.37. The summed E-state index contributed by atoms with van der Waals surface area (Å²) in [5.74, 6) is 0.194. The van der Waals surface area contributed by atoms with Gasteiger partial charge < -0.3 is 20.4 Å². The molecule has 0 aromatic rings. The van der Waals surface area contributed by atoms with Gasteiger partial charge >= 0.3 is 0 Å². The van der Waals surface area contributed by atoms with Crippen LogP contribution in [0.5, 0.6) is 0 Å². The molecule has 4 heteroatoms. The first-order chi connectivity index (χ1) is 6.69. The van der Waals surface area contributed by atoms with Gasteiger partial charge in [-0.2, -0.15) is 0 Å². The van der Waals surface area contributed by atoms with Gasteiger partial charge in [0.2, 0.25) is 0 Å². The molecule has 0 amide bonds. The van der Waals surface area contributed by atoms with Crippen LogP contribution in [0.15, 0.2) is 0 Å². The molecule has 0 saturated carbocycles. The molecule has 0 fully saturated rings. The number of aliphatic hydroxyl groups excluding tert-OH is 4. The lowest BCUT2D eigenvalue weighted by Gasteiger charge is -2.03. The van der Waals surface area contributed by atoms with Crippen molar-refractivity contribution in [2.24, 2.45) is 11.8 Å². The van der Waals surface area contributed by atoms with Crippen LogP contribution in [-0.2, 0) is 0 Å². The van der Waals surface area contributed by atoms with Crippen LogP contribution in [0.4, 0.5) is 0 Å². The normalized spacial score (nSPS) is 10.3. The molecule has 0 aromatic heterocycles. The van der Waals surface area contributed by atoms with E-state index in [9.17, 15) is 0 Å². The molecule has 88 valence electrons. The largest absolute Gasteiger partial charge is 0.396 e. The summed E-state index contributed by atoms with van der Waals surface area (Å²) in [6, 6.07) is 0. The summed E-state index contributed by atoms with van der Waals surface area (Å²) in [5.41, 5.74) is 0. The Kier molecular flexibility index (Phi) is 14.9. The molecular formula is C10H24O4. The van der Waals surface area contributed by atoms with Crippen LogP contribution < -0.4 is 0 Å². The molecule has 0 unspecified atom stereocenters. The smallest absolute Gasteiger partial charge is 0.0481 e. The Morgan fingerprint density at radius 3 is 0.857 bits per heavy atom. The van der Waals surface area contributed by atoms with Crippen molar-refractivity contribution in [3.63, 3.8) is 0 Å². The first-order valence-electron chi connectivity index (χ1n) is 5.13. The highest BCUT2D eigenvalue weighted by Gasteiger charge is 1.99. The van der Waals surface area contributed by atoms with E-state index in [1.807, 2.05) is 13.8 Å². The van der Waals surface area contributed by atoms with Crippen LogP contribution in [0.25, 0.3) is 0 Å². The van der Waals surface area contributed by atoms with Gasteiger partial charge in [-0.05, 0) is 12.8 Å². The average molecular weight is 208 g/mol. The molecule has 0 atom stereocenters. The van der Waals surface area contributed by atoms with Crippen molar-refractivity contribution in [1.82, 2.24) is 0 Å². The first-order valence-corrected chi connectivity index (χ1v) is 5.13. The minimum Gasteiger partial charge on any atom is -0.396 e.